The third kappa shape index (κ3) is 5.83. The molecule has 0 radical (unpaired) electrons. The number of carbonyl (C=O) groups excluding carboxylic acids is 3. The predicted molar refractivity (Wildman–Crippen MR) is 115 cm³/mol. The molecule has 1 aliphatic heterocycles. The minimum atomic E-state index is -0.667. The number of nitrogens with one attached hydrogen (secondary N) is 2. The third-order valence-corrected chi connectivity index (χ3v) is 5.26. The monoisotopic (exact) mass is 409 g/mol. The first-order valence-corrected chi connectivity index (χ1v) is 10.1. The molecule has 0 atom stereocenters. The van der Waals surface area contributed by atoms with E-state index in [0.29, 0.717) is 31.1 Å². The summed E-state index contributed by atoms with van der Waals surface area (Å²) in [5.74, 6) is -0.488. The standard InChI is InChI=1S/C23H27N3O4/c1-16-5-6-17(2)20(14-16)25-23(29)22(28)24-15-18-9-11-26(12-10-18)21(27)8-7-19-4-3-13-30-19/h3-8,13-14,18H,9-12,15H2,1-2H3,(H,24,28)(H,25,29)/b8-7+. The van der Waals surface area contributed by atoms with Gasteiger partial charge in [-0.15, -0.1) is 0 Å². The summed E-state index contributed by atoms with van der Waals surface area (Å²) in [6, 6.07) is 9.26. The van der Waals surface area contributed by atoms with E-state index in [1.165, 1.54) is 6.08 Å². The zero-order chi connectivity index (χ0) is 21.5. The first-order valence-electron chi connectivity index (χ1n) is 10.1. The summed E-state index contributed by atoms with van der Waals surface area (Å²) >= 11 is 0. The number of benzene rings is 1. The highest BCUT2D eigenvalue weighted by molar-refractivity contribution is 6.39. The average Bonchev–Trinajstić information content (AvgIpc) is 3.27. The summed E-state index contributed by atoms with van der Waals surface area (Å²) in [6.07, 6.45) is 6.28. The van der Waals surface area contributed by atoms with Crippen LogP contribution in [-0.2, 0) is 14.4 Å². The maximum atomic E-state index is 12.3. The lowest BCUT2D eigenvalue weighted by molar-refractivity contribution is -0.136. The van der Waals surface area contributed by atoms with Gasteiger partial charge >= 0.3 is 11.8 Å². The SMILES string of the molecule is Cc1ccc(C)c(NC(=O)C(=O)NCC2CCN(C(=O)/C=C/c3ccco3)CC2)c1. The Bertz CT molecular complexity index is 926. The molecule has 1 fully saturated rings. The van der Waals surface area contributed by atoms with Crippen molar-refractivity contribution in [1.29, 1.82) is 0 Å². The second kappa shape index (κ2) is 9.91. The highest BCUT2D eigenvalue weighted by atomic mass is 16.3. The minimum absolute atomic E-state index is 0.0539. The predicted octanol–water partition coefficient (Wildman–Crippen LogP) is 2.90. The first-order chi connectivity index (χ1) is 14.4. The number of piperidine rings is 1. The van der Waals surface area contributed by atoms with E-state index in [0.717, 1.165) is 24.0 Å². The number of amides is 3. The first kappa shape index (κ1) is 21.4. The highest BCUT2D eigenvalue weighted by Crippen LogP contribution is 2.18. The van der Waals surface area contributed by atoms with Gasteiger partial charge < -0.3 is 20.0 Å². The lowest BCUT2D eigenvalue weighted by atomic mass is 9.96. The number of aryl methyl sites for hydroxylation is 2. The number of furan rings is 1. The summed E-state index contributed by atoms with van der Waals surface area (Å²) in [5.41, 5.74) is 2.56. The molecule has 1 aliphatic rings. The molecular formula is C23H27N3O4. The average molecular weight is 409 g/mol. The van der Waals surface area contributed by atoms with Crippen LogP contribution in [0.15, 0.2) is 47.1 Å². The molecule has 0 bridgehead atoms. The molecule has 30 heavy (non-hydrogen) atoms. The zero-order valence-electron chi connectivity index (χ0n) is 17.3. The Morgan fingerprint density at radius 3 is 2.60 bits per heavy atom. The zero-order valence-corrected chi connectivity index (χ0v) is 17.3. The Morgan fingerprint density at radius 1 is 1.13 bits per heavy atom. The highest BCUT2D eigenvalue weighted by Gasteiger charge is 2.23. The molecule has 7 heteroatoms. The van der Waals surface area contributed by atoms with Crippen LogP contribution in [0.1, 0.15) is 29.7 Å². The topological polar surface area (TPSA) is 91.7 Å². The molecule has 1 aromatic carbocycles. The molecule has 1 aromatic heterocycles. The molecule has 0 aliphatic carbocycles. The molecule has 2 heterocycles. The van der Waals surface area contributed by atoms with E-state index in [-0.39, 0.29) is 11.8 Å². The molecule has 3 rings (SSSR count). The van der Waals surface area contributed by atoms with E-state index in [4.69, 9.17) is 4.42 Å². The number of carbonyl (C=O) groups is 3. The van der Waals surface area contributed by atoms with Crippen molar-refractivity contribution in [3.63, 3.8) is 0 Å². The van der Waals surface area contributed by atoms with Gasteiger partial charge in [-0.2, -0.15) is 0 Å². The van der Waals surface area contributed by atoms with Crippen LogP contribution in [0.25, 0.3) is 6.08 Å². The van der Waals surface area contributed by atoms with Crippen molar-refractivity contribution in [2.75, 3.05) is 25.0 Å². The number of nitrogens with zero attached hydrogens (tertiary/aromatic N) is 1. The summed E-state index contributed by atoms with van der Waals surface area (Å²) in [7, 11) is 0. The van der Waals surface area contributed by atoms with Gasteiger partial charge in [0, 0.05) is 31.4 Å². The smallest absolute Gasteiger partial charge is 0.313 e. The Hall–Kier alpha value is -3.35. The molecule has 158 valence electrons. The Kier molecular flexibility index (Phi) is 7.06. The van der Waals surface area contributed by atoms with Crippen molar-refractivity contribution in [3.8, 4) is 0 Å². The second-order valence-corrected chi connectivity index (χ2v) is 7.60. The molecule has 2 N–H and O–H groups in total. The van der Waals surface area contributed by atoms with Crippen LogP contribution < -0.4 is 10.6 Å². The second-order valence-electron chi connectivity index (χ2n) is 7.60. The fraction of sp³-hybridized carbons (Fsp3) is 0.348. The van der Waals surface area contributed by atoms with Gasteiger partial charge in [0.25, 0.3) is 0 Å². The van der Waals surface area contributed by atoms with Crippen molar-refractivity contribution < 1.29 is 18.8 Å². The molecule has 3 amide bonds. The van der Waals surface area contributed by atoms with E-state index >= 15 is 0 Å². The quantitative estimate of drug-likeness (QED) is 0.587. The van der Waals surface area contributed by atoms with E-state index in [1.54, 1.807) is 29.4 Å². The molecule has 7 nitrogen and oxygen atoms in total. The lowest BCUT2D eigenvalue weighted by Gasteiger charge is -2.31. The Labute approximate surface area is 176 Å². The molecule has 0 spiro atoms. The maximum absolute atomic E-state index is 12.3. The van der Waals surface area contributed by atoms with Crippen molar-refractivity contribution in [2.24, 2.45) is 5.92 Å². The third-order valence-electron chi connectivity index (χ3n) is 5.26. The van der Waals surface area contributed by atoms with Crippen LogP contribution >= 0.6 is 0 Å². The largest absolute Gasteiger partial charge is 0.465 e. The van der Waals surface area contributed by atoms with Gasteiger partial charge in [-0.1, -0.05) is 12.1 Å². The summed E-state index contributed by atoms with van der Waals surface area (Å²) in [6.45, 7) is 5.47. The summed E-state index contributed by atoms with van der Waals surface area (Å²) < 4.78 is 5.18. The van der Waals surface area contributed by atoms with Gasteiger partial charge in [-0.3, -0.25) is 14.4 Å². The van der Waals surface area contributed by atoms with Crippen LogP contribution in [0.5, 0.6) is 0 Å². The van der Waals surface area contributed by atoms with Crippen LogP contribution in [-0.4, -0.2) is 42.3 Å². The van der Waals surface area contributed by atoms with Gasteiger partial charge in [-0.25, -0.2) is 0 Å². The van der Waals surface area contributed by atoms with Gasteiger partial charge in [0.1, 0.15) is 5.76 Å². The number of likely N-dealkylation sites (tertiary alicyclic amines) is 1. The number of hydrogen-bond acceptors (Lipinski definition) is 4. The molecule has 1 saturated heterocycles. The number of rotatable bonds is 5. The van der Waals surface area contributed by atoms with Crippen molar-refractivity contribution in [1.82, 2.24) is 10.2 Å². The molecule has 0 saturated carbocycles. The Balaban J connectivity index is 1.40. The van der Waals surface area contributed by atoms with Gasteiger partial charge in [-0.05, 0) is 68.0 Å². The maximum Gasteiger partial charge on any atom is 0.313 e. The molecule has 2 aromatic rings. The van der Waals surface area contributed by atoms with E-state index in [1.807, 2.05) is 32.0 Å². The van der Waals surface area contributed by atoms with E-state index in [9.17, 15) is 14.4 Å². The minimum Gasteiger partial charge on any atom is -0.465 e. The number of hydrogen-bond donors (Lipinski definition) is 2. The van der Waals surface area contributed by atoms with Crippen LogP contribution in [0.4, 0.5) is 5.69 Å². The van der Waals surface area contributed by atoms with E-state index < -0.39 is 11.8 Å². The van der Waals surface area contributed by atoms with E-state index in [2.05, 4.69) is 10.6 Å². The van der Waals surface area contributed by atoms with Crippen molar-refractivity contribution in [3.05, 3.63) is 59.6 Å². The lowest BCUT2D eigenvalue weighted by Crippen LogP contribution is -2.43. The fourth-order valence-electron chi connectivity index (χ4n) is 3.37. The normalized spacial score (nSPS) is 14.7. The Morgan fingerprint density at radius 2 is 1.90 bits per heavy atom. The number of anilines is 1. The molecular weight excluding hydrogens is 382 g/mol. The van der Waals surface area contributed by atoms with Gasteiger partial charge in [0.15, 0.2) is 0 Å². The fourth-order valence-corrected chi connectivity index (χ4v) is 3.37. The van der Waals surface area contributed by atoms with Crippen LogP contribution in [0.2, 0.25) is 0 Å². The summed E-state index contributed by atoms with van der Waals surface area (Å²) in [5, 5.41) is 5.38. The van der Waals surface area contributed by atoms with Crippen LogP contribution in [0, 0.1) is 19.8 Å². The van der Waals surface area contributed by atoms with Gasteiger partial charge in [0.05, 0.1) is 6.26 Å². The van der Waals surface area contributed by atoms with Crippen molar-refractivity contribution >= 4 is 29.5 Å². The van der Waals surface area contributed by atoms with Crippen molar-refractivity contribution in [2.45, 2.75) is 26.7 Å². The van der Waals surface area contributed by atoms with Gasteiger partial charge in [0.2, 0.25) is 5.91 Å². The van der Waals surface area contributed by atoms with Crippen LogP contribution in [0.3, 0.4) is 0 Å². The molecule has 0 unspecified atom stereocenters. The summed E-state index contributed by atoms with van der Waals surface area (Å²) in [4.78, 5) is 38.4.